The standard InChI is InChI=1S/C11H21ClO2/c1-2-3-4-5-6-10-14-11(13)8-7-9-12/h2-10H2,1H3. The molecule has 0 fully saturated rings. The highest BCUT2D eigenvalue weighted by Crippen LogP contribution is 2.03. The van der Waals surface area contributed by atoms with E-state index < -0.39 is 0 Å². The molecule has 14 heavy (non-hydrogen) atoms. The summed E-state index contributed by atoms with van der Waals surface area (Å²) >= 11 is 5.46. The second-order valence-electron chi connectivity index (χ2n) is 3.43. The second kappa shape index (κ2) is 10.8. The molecule has 0 saturated heterocycles. The summed E-state index contributed by atoms with van der Waals surface area (Å²) in [5.74, 6) is 0.423. The summed E-state index contributed by atoms with van der Waals surface area (Å²) in [6.07, 6.45) is 7.10. The van der Waals surface area contributed by atoms with Gasteiger partial charge in [0.25, 0.3) is 0 Å². The maximum atomic E-state index is 11.0. The lowest BCUT2D eigenvalue weighted by Crippen LogP contribution is -2.05. The fourth-order valence-electron chi connectivity index (χ4n) is 1.17. The minimum absolute atomic E-state index is 0.110. The van der Waals surface area contributed by atoms with Crippen molar-refractivity contribution in [3.05, 3.63) is 0 Å². The van der Waals surface area contributed by atoms with Crippen LogP contribution in [-0.4, -0.2) is 18.5 Å². The van der Waals surface area contributed by atoms with E-state index in [1.807, 2.05) is 0 Å². The molecule has 2 nitrogen and oxygen atoms in total. The van der Waals surface area contributed by atoms with Crippen LogP contribution in [0.2, 0.25) is 0 Å². The molecule has 0 bridgehead atoms. The monoisotopic (exact) mass is 220 g/mol. The average molecular weight is 221 g/mol. The van der Waals surface area contributed by atoms with E-state index in [1.165, 1.54) is 19.3 Å². The van der Waals surface area contributed by atoms with Gasteiger partial charge in [-0.2, -0.15) is 0 Å². The Kier molecular flexibility index (Phi) is 10.7. The molecule has 0 aliphatic carbocycles. The molecule has 0 unspecified atom stereocenters. The van der Waals surface area contributed by atoms with Crippen LogP contribution in [0.15, 0.2) is 0 Å². The van der Waals surface area contributed by atoms with Gasteiger partial charge in [0.15, 0.2) is 0 Å². The van der Waals surface area contributed by atoms with Crippen LogP contribution in [0.1, 0.15) is 51.9 Å². The molecular formula is C11H21ClO2. The summed E-state index contributed by atoms with van der Waals surface area (Å²) in [6.45, 7) is 2.76. The maximum absolute atomic E-state index is 11.0. The number of esters is 1. The van der Waals surface area contributed by atoms with Crippen molar-refractivity contribution in [2.24, 2.45) is 0 Å². The summed E-state index contributed by atoms with van der Waals surface area (Å²) in [5, 5.41) is 0. The summed E-state index contributed by atoms with van der Waals surface area (Å²) in [7, 11) is 0. The van der Waals surface area contributed by atoms with Crippen molar-refractivity contribution in [1.29, 1.82) is 0 Å². The highest BCUT2D eigenvalue weighted by Gasteiger charge is 2.00. The molecule has 0 rings (SSSR count). The van der Waals surface area contributed by atoms with Crippen molar-refractivity contribution in [1.82, 2.24) is 0 Å². The van der Waals surface area contributed by atoms with Crippen molar-refractivity contribution < 1.29 is 9.53 Å². The van der Waals surface area contributed by atoms with Gasteiger partial charge in [0.1, 0.15) is 0 Å². The molecular weight excluding hydrogens is 200 g/mol. The quantitative estimate of drug-likeness (QED) is 0.338. The van der Waals surface area contributed by atoms with Gasteiger partial charge in [-0.3, -0.25) is 4.79 Å². The van der Waals surface area contributed by atoms with E-state index in [4.69, 9.17) is 16.3 Å². The third-order valence-electron chi connectivity index (χ3n) is 2.03. The van der Waals surface area contributed by atoms with E-state index in [2.05, 4.69) is 6.92 Å². The highest BCUT2D eigenvalue weighted by atomic mass is 35.5. The summed E-state index contributed by atoms with van der Waals surface area (Å²) in [5.41, 5.74) is 0. The molecule has 0 aromatic rings. The summed E-state index contributed by atoms with van der Waals surface area (Å²) < 4.78 is 5.03. The predicted octanol–water partition coefficient (Wildman–Crippen LogP) is 3.52. The smallest absolute Gasteiger partial charge is 0.305 e. The molecule has 0 amide bonds. The first-order valence-corrected chi connectivity index (χ1v) is 6.06. The van der Waals surface area contributed by atoms with Crippen LogP contribution in [0, 0.1) is 0 Å². The van der Waals surface area contributed by atoms with Crippen LogP contribution in [0.4, 0.5) is 0 Å². The lowest BCUT2D eigenvalue weighted by atomic mass is 10.2. The number of rotatable bonds is 9. The predicted molar refractivity (Wildman–Crippen MR) is 59.7 cm³/mol. The molecule has 84 valence electrons. The Labute approximate surface area is 92.0 Å². The third-order valence-corrected chi connectivity index (χ3v) is 2.29. The van der Waals surface area contributed by atoms with Crippen LogP contribution in [0.3, 0.4) is 0 Å². The van der Waals surface area contributed by atoms with Crippen LogP contribution in [-0.2, 0) is 9.53 Å². The van der Waals surface area contributed by atoms with Gasteiger partial charge in [0.05, 0.1) is 6.61 Å². The Balaban J connectivity index is 3.07. The van der Waals surface area contributed by atoms with Crippen molar-refractivity contribution in [2.45, 2.75) is 51.9 Å². The first-order chi connectivity index (χ1) is 6.81. The number of alkyl halides is 1. The van der Waals surface area contributed by atoms with E-state index in [-0.39, 0.29) is 5.97 Å². The van der Waals surface area contributed by atoms with Crippen LogP contribution >= 0.6 is 11.6 Å². The first-order valence-electron chi connectivity index (χ1n) is 5.52. The van der Waals surface area contributed by atoms with Crippen molar-refractivity contribution in [3.63, 3.8) is 0 Å². The van der Waals surface area contributed by atoms with E-state index >= 15 is 0 Å². The topological polar surface area (TPSA) is 26.3 Å². The zero-order valence-electron chi connectivity index (χ0n) is 9.06. The van der Waals surface area contributed by atoms with E-state index in [0.29, 0.717) is 18.9 Å². The third kappa shape index (κ3) is 9.85. The van der Waals surface area contributed by atoms with Crippen molar-refractivity contribution in [2.75, 3.05) is 12.5 Å². The molecule has 0 aromatic carbocycles. The van der Waals surface area contributed by atoms with Crippen LogP contribution in [0.5, 0.6) is 0 Å². The van der Waals surface area contributed by atoms with Gasteiger partial charge in [0.2, 0.25) is 0 Å². The van der Waals surface area contributed by atoms with Gasteiger partial charge >= 0.3 is 5.97 Å². The van der Waals surface area contributed by atoms with Gasteiger partial charge < -0.3 is 4.74 Å². The number of ether oxygens (including phenoxy) is 1. The lowest BCUT2D eigenvalue weighted by molar-refractivity contribution is -0.143. The second-order valence-corrected chi connectivity index (χ2v) is 3.81. The lowest BCUT2D eigenvalue weighted by Gasteiger charge is -2.03. The highest BCUT2D eigenvalue weighted by molar-refractivity contribution is 6.17. The molecule has 3 heteroatoms. The zero-order chi connectivity index (χ0) is 10.6. The number of hydrogen-bond donors (Lipinski definition) is 0. The summed E-state index contributed by atoms with van der Waals surface area (Å²) in [4.78, 5) is 11.0. The van der Waals surface area contributed by atoms with Crippen molar-refractivity contribution in [3.8, 4) is 0 Å². The molecule has 0 saturated carbocycles. The fourth-order valence-corrected chi connectivity index (χ4v) is 1.31. The Morgan fingerprint density at radius 3 is 2.50 bits per heavy atom. The van der Waals surface area contributed by atoms with Gasteiger partial charge in [-0.25, -0.2) is 0 Å². The molecule has 0 aliphatic heterocycles. The van der Waals surface area contributed by atoms with Gasteiger partial charge in [-0.15, -0.1) is 11.6 Å². The van der Waals surface area contributed by atoms with Crippen molar-refractivity contribution >= 4 is 17.6 Å². The van der Waals surface area contributed by atoms with Crippen LogP contribution in [0.25, 0.3) is 0 Å². The van der Waals surface area contributed by atoms with Crippen LogP contribution < -0.4 is 0 Å². The molecule has 0 heterocycles. The van der Waals surface area contributed by atoms with Gasteiger partial charge in [0, 0.05) is 12.3 Å². The number of carbonyl (C=O) groups excluding carboxylic acids is 1. The largest absolute Gasteiger partial charge is 0.466 e. The average Bonchev–Trinajstić information content (AvgIpc) is 2.20. The van der Waals surface area contributed by atoms with Gasteiger partial charge in [-0.1, -0.05) is 32.6 Å². The van der Waals surface area contributed by atoms with E-state index in [1.54, 1.807) is 0 Å². The molecule has 0 N–H and O–H groups in total. The van der Waals surface area contributed by atoms with E-state index in [9.17, 15) is 4.79 Å². The Morgan fingerprint density at radius 2 is 1.86 bits per heavy atom. The molecule has 0 aromatic heterocycles. The fraction of sp³-hybridized carbons (Fsp3) is 0.909. The number of halogens is 1. The van der Waals surface area contributed by atoms with E-state index in [0.717, 1.165) is 19.3 Å². The maximum Gasteiger partial charge on any atom is 0.305 e. The number of hydrogen-bond acceptors (Lipinski definition) is 2. The normalized spacial score (nSPS) is 10.1. The van der Waals surface area contributed by atoms with Gasteiger partial charge in [-0.05, 0) is 12.8 Å². The number of unbranched alkanes of at least 4 members (excludes halogenated alkanes) is 4. The molecule has 0 radical (unpaired) electrons. The minimum atomic E-state index is -0.110. The first kappa shape index (κ1) is 13.8. The SMILES string of the molecule is CCCCCCCOC(=O)CCCCl. The zero-order valence-corrected chi connectivity index (χ0v) is 9.81. The number of carbonyl (C=O) groups is 1. The summed E-state index contributed by atoms with van der Waals surface area (Å²) in [6, 6.07) is 0. The Hall–Kier alpha value is -0.240. The minimum Gasteiger partial charge on any atom is -0.466 e. The Bertz CT molecular complexity index is 137. The molecule has 0 spiro atoms. The molecule has 0 atom stereocenters. The Morgan fingerprint density at radius 1 is 1.14 bits per heavy atom. The molecule has 0 aliphatic rings.